The van der Waals surface area contributed by atoms with Gasteiger partial charge in [-0.25, -0.2) is 4.90 Å². The predicted molar refractivity (Wildman–Crippen MR) is 120 cm³/mol. The van der Waals surface area contributed by atoms with Gasteiger partial charge in [-0.05, 0) is 36.8 Å². The lowest BCUT2D eigenvalue weighted by Gasteiger charge is -2.18. The summed E-state index contributed by atoms with van der Waals surface area (Å²) in [5.74, 6) is 0.310. The van der Waals surface area contributed by atoms with Crippen molar-refractivity contribution < 1.29 is 19.1 Å². The number of methoxy groups -OCH3 is 2. The molecule has 0 atom stereocenters. The maximum Gasteiger partial charge on any atom is 0.282 e. The molecule has 6 nitrogen and oxygen atoms in total. The zero-order chi connectivity index (χ0) is 22.0. The van der Waals surface area contributed by atoms with Crippen LogP contribution in [0.2, 0.25) is 0 Å². The molecule has 2 amide bonds. The second-order valence-electron chi connectivity index (χ2n) is 7.04. The molecule has 4 rings (SSSR count). The topological polar surface area (TPSA) is 67.9 Å². The Morgan fingerprint density at radius 3 is 2.29 bits per heavy atom. The molecular formula is C25H22N2O4. The number of nitrogens with zero attached hydrogens (tertiary/aromatic N) is 1. The van der Waals surface area contributed by atoms with Gasteiger partial charge in [0.15, 0.2) is 0 Å². The summed E-state index contributed by atoms with van der Waals surface area (Å²) in [6.45, 7) is 1.87. The van der Waals surface area contributed by atoms with Gasteiger partial charge < -0.3 is 14.8 Å². The summed E-state index contributed by atoms with van der Waals surface area (Å²) in [6.07, 6.45) is 0. The first-order valence-electron chi connectivity index (χ1n) is 9.78. The lowest BCUT2D eigenvalue weighted by molar-refractivity contribution is -0.120. The molecule has 1 aliphatic heterocycles. The number of benzene rings is 3. The number of carbonyl (C=O) groups excluding carboxylic acids is 2. The van der Waals surface area contributed by atoms with Crippen LogP contribution in [0.5, 0.6) is 11.5 Å². The van der Waals surface area contributed by atoms with E-state index < -0.39 is 11.8 Å². The SMILES string of the molecule is COc1cccc(NC2=C(c3ccccc3OC)C(=O)N(c3ccccc3C)C2=O)c1. The molecule has 3 aromatic carbocycles. The molecule has 0 bridgehead atoms. The lowest BCUT2D eigenvalue weighted by Crippen LogP contribution is -2.33. The Morgan fingerprint density at radius 2 is 1.55 bits per heavy atom. The van der Waals surface area contributed by atoms with Crippen molar-refractivity contribution in [3.63, 3.8) is 0 Å². The van der Waals surface area contributed by atoms with Gasteiger partial charge in [0.2, 0.25) is 0 Å². The van der Waals surface area contributed by atoms with Crippen LogP contribution in [0.3, 0.4) is 0 Å². The van der Waals surface area contributed by atoms with Gasteiger partial charge in [0.25, 0.3) is 11.8 Å². The number of aryl methyl sites for hydroxylation is 1. The van der Waals surface area contributed by atoms with Gasteiger partial charge in [-0.15, -0.1) is 0 Å². The highest BCUT2D eigenvalue weighted by atomic mass is 16.5. The number of hydrogen-bond acceptors (Lipinski definition) is 5. The molecule has 0 spiro atoms. The molecule has 0 saturated carbocycles. The Bertz CT molecular complexity index is 1200. The number of nitrogens with one attached hydrogen (secondary N) is 1. The van der Waals surface area contributed by atoms with E-state index in [2.05, 4.69) is 5.32 Å². The fourth-order valence-corrected chi connectivity index (χ4v) is 3.62. The summed E-state index contributed by atoms with van der Waals surface area (Å²) in [6, 6.07) is 21.7. The van der Waals surface area contributed by atoms with E-state index in [0.29, 0.717) is 28.4 Å². The molecule has 31 heavy (non-hydrogen) atoms. The fraction of sp³-hybridized carbons (Fsp3) is 0.120. The summed E-state index contributed by atoms with van der Waals surface area (Å²) >= 11 is 0. The van der Waals surface area contributed by atoms with Gasteiger partial charge in [0.1, 0.15) is 17.2 Å². The minimum absolute atomic E-state index is 0.186. The van der Waals surface area contributed by atoms with Crippen molar-refractivity contribution in [2.24, 2.45) is 0 Å². The number of ether oxygens (including phenoxy) is 2. The average Bonchev–Trinajstić information content (AvgIpc) is 3.03. The Kier molecular flexibility index (Phi) is 5.45. The van der Waals surface area contributed by atoms with Crippen LogP contribution >= 0.6 is 0 Å². The van der Waals surface area contributed by atoms with E-state index in [4.69, 9.17) is 9.47 Å². The highest BCUT2D eigenvalue weighted by molar-refractivity contribution is 6.46. The third-order valence-electron chi connectivity index (χ3n) is 5.16. The van der Waals surface area contributed by atoms with Crippen LogP contribution in [0.4, 0.5) is 11.4 Å². The zero-order valence-electron chi connectivity index (χ0n) is 17.5. The van der Waals surface area contributed by atoms with Crippen LogP contribution in [0.25, 0.3) is 5.57 Å². The van der Waals surface area contributed by atoms with Gasteiger partial charge in [-0.2, -0.15) is 0 Å². The number of carbonyl (C=O) groups is 2. The van der Waals surface area contributed by atoms with Gasteiger partial charge in [-0.1, -0.05) is 42.5 Å². The van der Waals surface area contributed by atoms with Crippen molar-refractivity contribution in [1.29, 1.82) is 0 Å². The van der Waals surface area contributed by atoms with Crippen molar-refractivity contribution in [3.8, 4) is 11.5 Å². The molecule has 6 heteroatoms. The fourth-order valence-electron chi connectivity index (χ4n) is 3.62. The standard InChI is InChI=1S/C25H22N2O4/c1-16-9-4-6-13-20(16)27-24(28)22(19-12-5-7-14-21(19)31-3)23(25(27)29)26-17-10-8-11-18(15-17)30-2/h4-15,26H,1-3H3. The van der Waals surface area contributed by atoms with Crippen LogP contribution < -0.4 is 19.7 Å². The molecule has 0 aromatic heterocycles. The summed E-state index contributed by atoms with van der Waals surface area (Å²) in [5.41, 5.74) is 3.00. The van der Waals surface area contributed by atoms with E-state index in [1.54, 1.807) is 37.4 Å². The monoisotopic (exact) mass is 414 g/mol. The Morgan fingerprint density at radius 1 is 0.806 bits per heavy atom. The second-order valence-corrected chi connectivity index (χ2v) is 7.04. The molecule has 1 heterocycles. The Hall–Kier alpha value is -4.06. The first-order valence-corrected chi connectivity index (χ1v) is 9.78. The third kappa shape index (κ3) is 3.64. The number of amides is 2. The van der Waals surface area contributed by atoms with E-state index in [0.717, 1.165) is 5.56 Å². The second kappa shape index (κ2) is 8.36. The van der Waals surface area contributed by atoms with Crippen LogP contribution in [0.15, 0.2) is 78.5 Å². The maximum atomic E-state index is 13.6. The zero-order valence-corrected chi connectivity index (χ0v) is 17.5. The maximum absolute atomic E-state index is 13.6. The first kappa shape index (κ1) is 20.2. The van der Waals surface area contributed by atoms with Crippen LogP contribution in [-0.4, -0.2) is 26.0 Å². The molecule has 0 radical (unpaired) electrons. The van der Waals surface area contributed by atoms with Crippen molar-refractivity contribution in [2.75, 3.05) is 24.4 Å². The van der Waals surface area contributed by atoms with E-state index in [1.165, 1.54) is 12.0 Å². The van der Waals surface area contributed by atoms with Crippen LogP contribution in [0, 0.1) is 6.92 Å². The number of anilines is 2. The van der Waals surface area contributed by atoms with Crippen molar-refractivity contribution in [1.82, 2.24) is 0 Å². The summed E-state index contributed by atoms with van der Waals surface area (Å²) < 4.78 is 10.8. The summed E-state index contributed by atoms with van der Waals surface area (Å²) in [5, 5.41) is 3.15. The number of imide groups is 1. The van der Waals surface area contributed by atoms with E-state index in [9.17, 15) is 9.59 Å². The van der Waals surface area contributed by atoms with Gasteiger partial charge in [-0.3, -0.25) is 9.59 Å². The third-order valence-corrected chi connectivity index (χ3v) is 5.16. The summed E-state index contributed by atoms with van der Waals surface area (Å²) in [7, 11) is 3.11. The number of hydrogen-bond donors (Lipinski definition) is 1. The smallest absolute Gasteiger partial charge is 0.282 e. The molecule has 0 aliphatic carbocycles. The Balaban J connectivity index is 1.88. The molecule has 0 saturated heterocycles. The summed E-state index contributed by atoms with van der Waals surface area (Å²) in [4.78, 5) is 28.3. The largest absolute Gasteiger partial charge is 0.497 e. The highest BCUT2D eigenvalue weighted by Gasteiger charge is 2.41. The van der Waals surface area contributed by atoms with E-state index in [-0.39, 0.29) is 11.3 Å². The Labute approximate surface area is 180 Å². The highest BCUT2D eigenvalue weighted by Crippen LogP contribution is 2.38. The van der Waals surface area contributed by atoms with Crippen molar-refractivity contribution >= 4 is 28.8 Å². The van der Waals surface area contributed by atoms with Gasteiger partial charge in [0.05, 0.1) is 25.5 Å². The van der Waals surface area contributed by atoms with E-state index >= 15 is 0 Å². The van der Waals surface area contributed by atoms with Crippen molar-refractivity contribution in [2.45, 2.75) is 6.92 Å². The number of para-hydroxylation sites is 2. The molecule has 0 unspecified atom stereocenters. The molecule has 1 N–H and O–H groups in total. The lowest BCUT2D eigenvalue weighted by atomic mass is 10.0. The van der Waals surface area contributed by atoms with Crippen LogP contribution in [-0.2, 0) is 9.59 Å². The molecule has 0 fully saturated rings. The molecule has 3 aromatic rings. The minimum Gasteiger partial charge on any atom is -0.497 e. The van der Waals surface area contributed by atoms with Gasteiger partial charge >= 0.3 is 0 Å². The minimum atomic E-state index is -0.428. The molecular weight excluding hydrogens is 392 g/mol. The first-order chi connectivity index (χ1) is 15.0. The van der Waals surface area contributed by atoms with Crippen molar-refractivity contribution in [3.05, 3.63) is 89.6 Å². The number of rotatable bonds is 6. The van der Waals surface area contributed by atoms with E-state index in [1.807, 2.05) is 49.4 Å². The predicted octanol–water partition coefficient (Wildman–Crippen LogP) is 4.41. The molecule has 1 aliphatic rings. The van der Waals surface area contributed by atoms with Gasteiger partial charge in [0, 0.05) is 17.3 Å². The normalized spacial score (nSPS) is 13.6. The average molecular weight is 414 g/mol. The molecule has 156 valence electrons. The quantitative estimate of drug-likeness (QED) is 0.605. The van der Waals surface area contributed by atoms with Crippen LogP contribution in [0.1, 0.15) is 11.1 Å².